The van der Waals surface area contributed by atoms with Crippen LogP contribution >= 0.6 is 0 Å². The molecular weight excluding hydrogens is 428 g/mol. The largest absolute Gasteiger partial charge is 0.505 e. The normalized spacial score (nSPS) is 52.8. The monoisotopic (exact) mass is 482 g/mol. The third-order valence-corrected chi connectivity index (χ3v) is 14.0. The maximum atomic E-state index is 11.0. The van der Waals surface area contributed by atoms with Gasteiger partial charge in [0.1, 0.15) is 0 Å². The molecule has 5 saturated carbocycles. The van der Waals surface area contributed by atoms with Crippen LogP contribution in [0.1, 0.15) is 112 Å². The summed E-state index contributed by atoms with van der Waals surface area (Å²) in [5.41, 5.74) is 3.07. The Balaban J connectivity index is 1.53. The first-order chi connectivity index (χ1) is 16.4. The summed E-state index contributed by atoms with van der Waals surface area (Å²) in [5, 5.41) is 11.0. The van der Waals surface area contributed by atoms with Crippen molar-refractivity contribution in [1.82, 2.24) is 0 Å². The second-order valence-electron chi connectivity index (χ2n) is 15.2. The molecule has 2 heteroatoms. The number of aliphatic hydroxyl groups is 1. The summed E-state index contributed by atoms with van der Waals surface area (Å²) >= 11 is 0. The van der Waals surface area contributed by atoms with Crippen molar-refractivity contribution in [1.29, 1.82) is 0 Å². The number of hydrogen-bond donors (Lipinski definition) is 1. The molecule has 10 atom stereocenters. The van der Waals surface area contributed by atoms with E-state index in [-0.39, 0.29) is 11.5 Å². The first-order valence-corrected chi connectivity index (χ1v) is 14.9. The second-order valence-corrected chi connectivity index (χ2v) is 15.2. The molecule has 0 unspecified atom stereocenters. The highest BCUT2D eigenvalue weighted by Gasteiger charge is 2.70. The quantitative estimate of drug-likeness (QED) is 0.321. The average molecular weight is 483 g/mol. The van der Waals surface area contributed by atoms with Crippen molar-refractivity contribution < 1.29 is 9.84 Å². The van der Waals surface area contributed by atoms with Gasteiger partial charge in [-0.15, -0.1) is 0 Å². The predicted octanol–water partition coefficient (Wildman–Crippen LogP) is 8.56. The smallest absolute Gasteiger partial charge is 0.0784 e. The molecule has 198 valence electrons. The summed E-state index contributed by atoms with van der Waals surface area (Å²) in [6.07, 6.45) is 18.4. The number of methoxy groups -OCH3 is 1. The Bertz CT molecular complexity index is 872. The highest BCUT2D eigenvalue weighted by atomic mass is 16.5. The molecule has 5 aliphatic carbocycles. The summed E-state index contributed by atoms with van der Waals surface area (Å²) < 4.78 is 5.34. The van der Waals surface area contributed by atoms with Crippen LogP contribution in [0.2, 0.25) is 0 Å². The number of ether oxygens (including phenoxy) is 1. The second kappa shape index (κ2) is 8.37. The van der Waals surface area contributed by atoms with Gasteiger partial charge in [0, 0.05) is 0 Å². The lowest BCUT2D eigenvalue weighted by Gasteiger charge is -2.73. The summed E-state index contributed by atoms with van der Waals surface area (Å²) in [4.78, 5) is 0. The van der Waals surface area contributed by atoms with Gasteiger partial charge in [-0.1, -0.05) is 46.8 Å². The molecule has 0 radical (unpaired) electrons. The van der Waals surface area contributed by atoms with Crippen molar-refractivity contribution in [2.24, 2.45) is 56.7 Å². The minimum atomic E-state index is -0.137. The standard InChI is InChI=1S/C33H54O2/c1-22(2)23-12-18-33(15-9-21-35-8)20-19-31(6)24(28(23)33)10-11-26-30(5)16-14-27(34)29(3,4)25(30)13-17-32(26,31)7/h9,21,23-28,34H,1,10-20H2,2-8H3/t23-,24+,25-,26+,27-,28+,30-,31+,32+,33+/m0/s1. The fraction of sp³-hybridized carbons (Fsp3) is 0.879. The summed E-state index contributed by atoms with van der Waals surface area (Å²) in [5.74, 6) is 3.69. The minimum Gasteiger partial charge on any atom is -0.505 e. The van der Waals surface area contributed by atoms with Crippen LogP contribution in [0.15, 0.2) is 24.5 Å². The van der Waals surface area contributed by atoms with Gasteiger partial charge in [-0.3, -0.25) is 0 Å². The van der Waals surface area contributed by atoms with Crippen LogP contribution in [0.3, 0.4) is 0 Å². The van der Waals surface area contributed by atoms with Gasteiger partial charge in [0.05, 0.1) is 19.5 Å². The van der Waals surface area contributed by atoms with Gasteiger partial charge >= 0.3 is 0 Å². The van der Waals surface area contributed by atoms with Crippen LogP contribution in [-0.4, -0.2) is 18.3 Å². The van der Waals surface area contributed by atoms with Crippen LogP contribution in [-0.2, 0) is 4.74 Å². The number of hydrogen-bond acceptors (Lipinski definition) is 2. The van der Waals surface area contributed by atoms with E-state index in [2.05, 4.69) is 54.2 Å². The predicted molar refractivity (Wildman–Crippen MR) is 146 cm³/mol. The maximum absolute atomic E-state index is 11.0. The zero-order chi connectivity index (χ0) is 25.4. The summed E-state index contributed by atoms with van der Waals surface area (Å²) in [6, 6.07) is 0. The van der Waals surface area contributed by atoms with Gasteiger partial charge < -0.3 is 9.84 Å². The zero-order valence-electron chi connectivity index (χ0n) is 24.0. The summed E-state index contributed by atoms with van der Waals surface area (Å²) in [6.45, 7) is 19.7. The van der Waals surface area contributed by atoms with E-state index in [1.54, 1.807) is 7.11 Å². The Morgan fingerprint density at radius 1 is 0.886 bits per heavy atom. The van der Waals surface area contributed by atoms with Gasteiger partial charge in [0.2, 0.25) is 0 Å². The maximum Gasteiger partial charge on any atom is 0.0784 e. The van der Waals surface area contributed by atoms with Crippen LogP contribution in [0.5, 0.6) is 0 Å². The Morgan fingerprint density at radius 3 is 2.31 bits per heavy atom. The first-order valence-electron chi connectivity index (χ1n) is 14.9. The molecule has 5 aliphatic rings. The lowest BCUT2D eigenvalue weighted by atomic mass is 9.32. The van der Waals surface area contributed by atoms with Gasteiger partial charge in [-0.2, -0.15) is 0 Å². The van der Waals surface area contributed by atoms with Crippen molar-refractivity contribution in [3.63, 3.8) is 0 Å². The van der Waals surface area contributed by atoms with Crippen molar-refractivity contribution in [3.05, 3.63) is 24.5 Å². The molecule has 35 heavy (non-hydrogen) atoms. The van der Waals surface area contributed by atoms with E-state index in [4.69, 9.17) is 4.74 Å². The number of fused-ring (bicyclic) bond motifs is 7. The van der Waals surface area contributed by atoms with E-state index in [1.807, 2.05) is 6.26 Å². The van der Waals surface area contributed by atoms with Gasteiger partial charge in [0.15, 0.2) is 0 Å². The summed E-state index contributed by atoms with van der Waals surface area (Å²) in [7, 11) is 1.78. The number of rotatable bonds is 4. The van der Waals surface area contributed by atoms with E-state index in [1.165, 1.54) is 69.8 Å². The van der Waals surface area contributed by atoms with Crippen LogP contribution < -0.4 is 0 Å². The van der Waals surface area contributed by atoms with Crippen molar-refractivity contribution in [3.8, 4) is 0 Å². The SMILES string of the molecule is C=C(C)[C@@H]1CC[C@]2(CC=COC)CC[C@]3(C)[C@H](CC[C@@H]4[C@@]5(C)CC[C@H](O)C(C)(C)[C@@H]5CC[C@]43C)[C@@H]12. The van der Waals surface area contributed by atoms with Crippen LogP contribution in [0, 0.1) is 56.7 Å². The molecule has 1 N–H and O–H groups in total. The Kier molecular flexibility index (Phi) is 6.19. The van der Waals surface area contributed by atoms with E-state index in [0.717, 1.165) is 24.2 Å². The topological polar surface area (TPSA) is 29.5 Å². The zero-order valence-corrected chi connectivity index (χ0v) is 24.0. The molecule has 0 saturated heterocycles. The molecule has 5 fully saturated rings. The first kappa shape index (κ1) is 25.9. The Morgan fingerprint density at radius 2 is 1.63 bits per heavy atom. The Hall–Kier alpha value is -0.760. The molecular formula is C33H54O2. The van der Waals surface area contributed by atoms with E-state index in [0.29, 0.717) is 33.5 Å². The van der Waals surface area contributed by atoms with E-state index in [9.17, 15) is 5.11 Å². The molecule has 0 aromatic carbocycles. The highest BCUT2D eigenvalue weighted by molar-refractivity contribution is 5.22. The van der Waals surface area contributed by atoms with Gasteiger partial charge in [0.25, 0.3) is 0 Å². The molecule has 0 spiro atoms. The minimum absolute atomic E-state index is 0.0397. The van der Waals surface area contributed by atoms with Crippen molar-refractivity contribution >= 4 is 0 Å². The lowest BCUT2D eigenvalue weighted by Crippen LogP contribution is -2.66. The molecule has 0 aromatic heterocycles. The average Bonchev–Trinajstić information content (AvgIpc) is 3.17. The molecule has 0 heterocycles. The van der Waals surface area contributed by atoms with Gasteiger partial charge in [-0.25, -0.2) is 0 Å². The molecule has 0 aliphatic heterocycles. The third kappa shape index (κ3) is 3.36. The molecule has 0 bridgehead atoms. The number of aliphatic hydroxyl groups excluding tert-OH is 1. The van der Waals surface area contributed by atoms with Crippen molar-refractivity contribution in [2.45, 2.75) is 118 Å². The fourth-order valence-corrected chi connectivity index (χ4v) is 12.0. The molecule has 0 amide bonds. The highest BCUT2D eigenvalue weighted by Crippen LogP contribution is 2.77. The van der Waals surface area contributed by atoms with E-state index >= 15 is 0 Å². The Labute approximate surface area is 216 Å². The molecule has 5 rings (SSSR count). The molecule has 0 aromatic rings. The molecule has 2 nitrogen and oxygen atoms in total. The fourth-order valence-electron chi connectivity index (χ4n) is 12.0. The lowest BCUT2D eigenvalue weighted by molar-refractivity contribution is -0.247. The number of allylic oxidation sites excluding steroid dienone is 2. The van der Waals surface area contributed by atoms with Gasteiger partial charge in [-0.05, 0) is 140 Å². The van der Waals surface area contributed by atoms with Crippen LogP contribution in [0.4, 0.5) is 0 Å². The third-order valence-electron chi connectivity index (χ3n) is 14.0. The van der Waals surface area contributed by atoms with Crippen LogP contribution in [0.25, 0.3) is 0 Å². The van der Waals surface area contributed by atoms with Crippen molar-refractivity contribution in [2.75, 3.05) is 7.11 Å². The van der Waals surface area contributed by atoms with E-state index < -0.39 is 0 Å².